The van der Waals surface area contributed by atoms with Gasteiger partial charge in [-0.05, 0) is 49.2 Å². The maximum atomic E-state index is 4.67. The summed E-state index contributed by atoms with van der Waals surface area (Å²) in [6, 6.07) is 2.02. The van der Waals surface area contributed by atoms with Crippen molar-refractivity contribution in [2.24, 2.45) is 18.9 Å². The molecule has 2 aliphatic rings. The van der Waals surface area contributed by atoms with E-state index in [1.165, 1.54) is 31.3 Å². The smallest absolute Gasteiger partial charge is 0.227 e. The van der Waals surface area contributed by atoms with Gasteiger partial charge in [0.2, 0.25) is 5.95 Å². The van der Waals surface area contributed by atoms with Crippen LogP contribution in [0.2, 0.25) is 0 Å². The van der Waals surface area contributed by atoms with E-state index in [0.29, 0.717) is 5.95 Å². The molecule has 2 atom stereocenters. The summed E-state index contributed by atoms with van der Waals surface area (Å²) in [6.45, 7) is 0. The van der Waals surface area contributed by atoms with Gasteiger partial charge in [0.05, 0.1) is 17.6 Å². The second kappa shape index (κ2) is 4.98. The first kappa shape index (κ1) is 12.6. The summed E-state index contributed by atoms with van der Waals surface area (Å²) in [5.74, 6) is 2.27. The van der Waals surface area contributed by atoms with Gasteiger partial charge in [-0.3, -0.25) is 4.68 Å². The number of aryl methyl sites for hydroxylation is 1. The van der Waals surface area contributed by atoms with Crippen LogP contribution in [0.1, 0.15) is 31.4 Å². The Morgan fingerprint density at radius 1 is 1.33 bits per heavy atom. The quantitative estimate of drug-likeness (QED) is 0.939. The van der Waals surface area contributed by atoms with Crippen LogP contribution in [0.5, 0.6) is 0 Å². The van der Waals surface area contributed by atoms with Crippen LogP contribution in [0.4, 0.5) is 11.6 Å². The van der Waals surface area contributed by atoms with Crippen molar-refractivity contribution < 1.29 is 0 Å². The molecule has 0 spiro atoms. The summed E-state index contributed by atoms with van der Waals surface area (Å²) in [5.41, 5.74) is 3.37. The topological polar surface area (TPSA) is 55.6 Å². The van der Waals surface area contributed by atoms with Gasteiger partial charge in [-0.1, -0.05) is 6.08 Å². The van der Waals surface area contributed by atoms with Crippen molar-refractivity contribution in [3.05, 3.63) is 36.4 Å². The molecule has 0 saturated heterocycles. The van der Waals surface area contributed by atoms with E-state index >= 15 is 0 Å². The molecule has 2 aromatic rings. The van der Waals surface area contributed by atoms with Crippen LogP contribution in [-0.2, 0) is 7.05 Å². The molecule has 2 aromatic heterocycles. The number of rotatable bonds is 3. The van der Waals surface area contributed by atoms with Crippen LogP contribution >= 0.6 is 0 Å². The van der Waals surface area contributed by atoms with Gasteiger partial charge in [-0.2, -0.15) is 5.10 Å². The fourth-order valence-electron chi connectivity index (χ4n) is 3.52. The van der Waals surface area contributed by atoms with E-state index in [0.717, 1.165) is 23.2 Å². The molecule has 1 saturated carbocycles. The standard InChI is InChI=1S/C16H19N5/c1-21-10-14(9-18-21)19-16-17-5-4-15(20-16)13-7-11-2-3-12(6-11)8-13/h4-5,7,9-12H,2-3,6,8H2,1H3,(H,17,19,20). The normalized spacial score (nSPS) is 24.0. The molecule has 1 N–H and O–H groups in total. The lowest BCUT2D eigenvalue weighted by Gasteiger charge is -2.19. The zero-order chi connectivity index (χ0) is 14.2. The van der Waals surface area contributed by atoms with E-state index < -0.39 is 0 Å². The van der Waals surface area contributed by atoms with Gasteiger partial charge in [-0.25, -0.2) is 9.97 Å². The molecule has 0 radical (unpaired) electrons. The molecule has 0 amide bonds. The number of aromatic nitrogens is 4. The predicted octanol–water partition coefficient (Wildman–Crippen LogP) is 3.16. The first-order valence-electron chi connectivity index (χ1n) is 7.56. The number of hydrogen-bond donors (Lipinski definition) is 1. The minimum absolute atomic E-state index is 0.638. The Hall–Kier alpha value is -2.17. The predicted molar refractivity (Wildman–Crippen MR) is 81.9 cm³/mol. The summed E-state index contributed by atoms with van der Waals surface area (Å²) < 4.78 is 1.76. The average molecular weight is 281 g/mol. The molecule has 4 rings (SSSR count). The highest BCUT2D eigenvalue weighted by Crippen LogP contribution is 2.43. The molecule has 0 aromatic carbocycles. The highest BCUT2D eigenvalue weighted by Gasteiger charge is 2.29. The summed E-state index contributed by atoms with van der Waals surface area (Å²) in [5, 5.41) is 7.35. The zero-order valence-electron chi connectivity index (χ0n) is 12.2. The molecule has 2 bridgehead atoms. The number of hydrogen-bond acceptors (Lipinski definition) is 4. The minimum atomic E-state index is 0.638. The molecule has 5 nitrogen and oxygen atoms in total. The lowest BCUT2D eigenvalue weighted by atomic mass is 9.88. The van der Waals surface area contributed by atoms with Crippen molar-refractivity contribution in [1.82, 2.24) is 19.7 Å². The van der Waals surface area contributed by atoms with Crippen LogP contribution in [0.25, 0.3) is 5.57 Å². The summed E-state index contributed by atoms with van der Waals surface area (Å²) in [4.78, 5) is 8.98. The van der Waals surface area contributed by atoms with E-state index in [1.807, 2.05) is 25.5 Å². The fraction of sp³-hybridized carbons (Fsp3) is 0.438. The van der Waals surface area contributed by atoms with Gasteiger partial charge in [0, 0.05) is 19.4 Å². The third-order valence-corrected chi connectivity index (χ3v) is 4.47. The lowest BCUT2D eigenvalue weighted by Crippen LogP contribution is -2.06. The molecule has 21 heavy (non-hydrogen) atoms. The summed E-state index contributed by atoms with van der Waals surface area (Å²) in [6.07, 6.45) is 13.2. The van der Waals surface area contributed by atoms with Gasteiger partial charge in [-0.15, -0.1) is 0 Å². The summed E-state index contributed by atoms with van der Waals surface area (Å²) in [7, 11) is 1.89. The number of nitrogens with zero attached hydrogens (tertiary/aromatic N) is 4. The molecule has 5 heteroatoms. The maximum Gasteiger partial charge on any atom is 0.227 e. The third kappa shape index (κ3) is 2.55. The Balaban J connectivity index is 1.58. The fourth-order valence-corrected chi connectivity index (χ4v) is 3.52. The molecule has 2 aliphatic carbocycles. The molecule has 2 unspecified atom stereocenters. The third-order valence-electron chi connectivity index (χ3n) is 4.47. The van der Waals surface area contributed by atoms with Crippen LogP contribution in [0.3, 0.4) is 0 Å². The number of fused-ring (bicyclic) bond motifs is 2. The van der Waals surface area contributed by atoms with Crippen molar-refractivity contribution >= 4 is 17.2 Å². The average Bonchev–Trinajstić information content (AvgIpc) is 3.04. The zero-order valence-corrected chi connectivity index (χ0v) is 12.2. The Morgan fingerprint density at radius 3 is 3.10 bits per heavy atom. The molecule has 1 fully saturated rings. The lowest BCUT2D eigenvalue weighted by molar-refractivity contribution is 0.528. The SMILES string of the molecule is Cn1cc(Nc2nccc(C3=CC4CCC(C3)C4)n2)cn1. The molecular weight excluding hydrogens is 262 g/mol. The van der Waals surface area contributed by atoms with E-state index in [1.54, 1.807) is 10.9 Å². The highest BCUT2D eigenvalue weighted by atomic mass is 15.3. The Labute approximate surface area is 124 Å². The Bertz CT molecular complexity index is 687. The first-order chi connectivity index (χ1) is 10.3. The monoisotopic (exact) mass is 281 g/mol. The van der Waals surface area contributed by atoms with E-state index in [2.05, 4.69) is 26.5 Å². The second-order valence-corrected chi connectivity index (χ2v) is 6.13. The van der Waals surface area contributed by atoms with Crippen molar-refractivity contribution in [3.63, 3.8) is 0 Å². The maximum absolute atomic E-state index is 4.67. The van der Waals surface area contributed by atoms with Crippen molar-refractivity contribution in [1.29, 1.82) is 0 Å². The minimum Gasteiger partial charge on any atom is -0.321 e. The van der Waals surface area contributed by atoms with Gasteiger partial charge in [0.15, 0.2) is 0 Å². The molecule has 2 heterocycles. The van der Waals surface area contributed by atoms with Crippen LogP contribution in [0, 0.1) is 11.8 Å². The van der Waals surface area contributed by atoms with E-state index in [9.17, 15) is 0 Å². The molecular formula is C16H19N5. The van der Waals surface area contributed by atoms with Crippen molar-refractivity contribution in [2.75, 3.05) is 5.32 Å². The largest absolute Gasteiger partial charge is 0.321 e. The Kier molecular flexibility index (Phi) is 2.98. The van der Waals surface area contributed by atoms with Crippen LogP contribution < -0.4 is 5.32 Å². The number of anilines is 2. The van der Waals surface area contributed by atoms with Gasteiger partial charge in [0.25, 0.3) is 0 Å². The highest BCUT2D eigenvalue weighted by molar-refractivity contribution is 5.65. The summed E-state index contributed by atoms with van der Waals surface area (Å²) >= 11 is 0. The van der Waals surface area contributed by atoms with Gasteiger partial charge < -0.3 is 5.32 Å². The van der Waals surface area contributed by atoms with Gasteiger partial charge >= 0.3 is 0 Å². The van der Waals surface area contributed by atoms with Crippen molar-refractivity contribution in [2.45, 2.75) is 25.7 Å². The van der Waals surface area contributed by atoms with E-state index in [-0.39, 0.29) is 0 Å². The van der Waals surface area contributed by atoms with Crippen LogP contribution in [-0.4, -0.2) is 19.7 Å². The Morgan fingerprint density at radius 2 is 2.29 bits per heavy atom. The van der Waals surface area contributed by atoms with E-state index in [4.69, 9.17) is 0 Å². The van der Waals surface area contributed by atoms with Gasteiger partial charge in [0.1, 0.15) is 0 Å². The first-order valence-corrected chi connectivity index (χ1v) is 7.56. The van der Waals surface area contributed by atoms with Crippen LogP contribution in [0.15, 0.2) is 30.7 Å². The van der Waals surface area contributed by atoms with Crippen molar-refractivity contribution in [3.8, 4) is 0 Å². The second-order valence-electron chi connectivity index (χ2n) is 6.13. The number of nitrogens with one attached hydrogen (secondary N) is 1. The molecule has 0 aliphatic heterocycles. The number of allylic oxidation sites excluding steroid dienone is 2. The molecule has 108 valence electrons.